The third-order valence-electron chi connectivity index (χ3n) is 3.84. The monoisotopic (exact) mass is 347 g/mol. The maximum atomic E-state index is 13.0. The average Bonchev–Trinajstić information content (AvgIpc) is 2.55. The molecule has 0 heterocycles. The number of benzene rings is 2. The van der Waals surface area contributed by atoms with Crippen molar-refractivity contribution in [2.75, 3.05) is 10.8 Å². The lowest BCUT2D eigenvalue weighted by Crippen LogP contribution is -2.43. The first-order valence-electron chi connectivity index (χ1n) is 7.42. The van der Waals surface area contributed by atoms with Crippen LogP contribution in [0.4, 0.5) is 5.69 Å². The summed E-state index contributed by atoms with van der Waals surface area (Å²) < 4.78 is 27.1. The van der Waals surface area contributed by atoms with Gasteiger partial charge in [-0.3, -0.25) is 14.5 Å². The van der Waals surface area contributed by atoms with E-state index in [2.05, 4.69) is 0 Å². The van der Waals surface area contributed by atoms with E-state index in [0.29, 0.717) is 5.69 Å². The molecule has 0 bridgehead atoms. The van der Waals surface area contributed by atoms with Gasteiger partial charge in [0.2, 0.25) is 0 Å². The molecule has 24 heavy (non-hydrogen) atoms. The Hall–Kier alpha value is -2.38. The van der Waals surface area contributed by atoms with Crippen molar-refractivity contribution in [3.8, 4) is 0 Å². The van der Waals surface area contributed by atoms with Crippen molar-refractivity contribution in [1.82, 2.24) is 5.43 Å². The summed E-state index contributed by atoms with van der Waals surface area (Å²) in [6.45, 7) is 5.30. The number of hydrogen-bond acceptors (Lipinski definition) is 4. The van der Waals surface area contributed by atoms with Gasteiger partial charge in [-0.05, 0) is 56.2 Å². The highest BCUT2D eigenvalue weighted by molar-refractivity contribution is 7.92. The summed E-state index contributed by atoms with van der Waals surface area (Å²) in [7, 11) is -3.89. The molecule has 0 spiro atoms. The molecule has 2 rings (SSSR count). The summed E-state index contributed by atoms with van der Waals surface area (Å²) in [5, 5.41) is 0. The summed E-state index contributed by atoms with van der Waals surface area (Å²) in [4.78, 5) is 11.9. The van der Waals surface area contributed by atoms with Crippen LogP contribution in [0.2, 0.25) is 0 Å². The Labute approximate surface area is 142 Å². The van der Waals surface area contributed by atoms with Crippen LogP contribution >= 0.6 is 0 Å². The molecular formula is C17H21N3O3S. The van der Waals surface area contributed by atoms with E-state index in [0.717, 1.165) is 21.0 Å². The highest BCUT2D eigenvalue weighted by atomic mass is 32.2. The van der Waals surface area contributed by atoms with Gasteiger partial charge < -0.3 is 0 Å². The first-order chi connectivity index (χ1) is 11.3. The van der Waals surface area contributed by atoms with Crippen molar-refractivity contribution >= 4 is 21.6 Å². The number of hydrogen-bond donors (Lipinski definition) is 2. The zero-order valence-electron chi connectivity index (χ0n) is 13.9. The van der Waals surface area contributed by atoms with Crippen molar-refractivity contribution in [2.24, 2.45) is 5.84 Å². The van der Waals surface area contributed by atoms with E-state index in [1.807, 2.05) is 32.3 Å². The minimum absolute atomic E-state index is 0.121. The van der Waals surface area contributed by atoms with Crippen LogP contribution in [0.1, 0.15) is 16.7 Å². The second-order valence-electron chi connectivity index (χ2n) is 5.66. The number of carbonyl (C=O) groups is 1. The number of nitrogens with one attached hydrogen (secondary N) is 1. The highest BCUT2D eigenvalue weighted by Crippen LogP contribution is 2.25. The quantitative estimate of drug-likeness (QED) is 0.490. The Kier molecular flexibility index (Phi) is 5.26. The lowest BCUT2D eigenvalue weighted by atomic mass is 10.1. The summed E-state index contributed by atoms with van der Waals surface area (Å²) in [6.07, 6.45) is 0. The van der Waals surface area contributed by atoms with Crippen LogP contribution < -0.4 is 15.6 Å². The van der Waals surface area contributed by atoms with Crippen LogP contribution in [0.5, 0.6) is 0 Å². The largest absolute Gasteiger partial charge is 0.293 e. The molecule has 0 atom stereocenters. The first-order valence-corrected chi connectivity index (χ1v) is 8.86. The average molecular weight is 347 g/mol. The lowest BCUT2D eigenvalue weighted by Gasteiger charge is -2.24. The van der Waals surface area contributed by atoms with Crippen LogP contribution in [0.25, 0.3) is 0 Å². The Morgan fingerprint density at radius 2 is 1.67 bits per heavy atom. The Balaban J connectivity index is 2.54. The van der Waals surface area contributed by atoms with E-state index in [-0.39, 0.29) is 4.90 Å². The number of amides is 1. The topological polar surface area (TPSA) is 92.5 Å². The molecule has 0 aliphatic carbocycles. The predicted octanol–water partition coefficient (Wildman–Crippen LogP) is 1.80. The fourth-order valence-electron chi connectivity index (χ4n) is 2.21. The molecular weight excluding hydrogens is 326 g/mol. The van der Waals surface area contributed by atoms with E-state index in [4.69, 9.17) is 5.84 Å². The van der Waals surface area contributed by atoms with Crippen LogP contribution in [-0.2, 0) is 14.8 Å². The zero-order valence-corrected chi connectivity index (χ0v) is 14.7. The molecule has 0 fully saturated rings. The van der Waals surface area contributed by atoms with E-state index in [1.54, 1.807) is 24.3 Å². The van der Waals surface area contributed by atoms with Gasteiger partial charge in [0.1, 0.15) is 6.54 Å². The molecule has 3 N–H and O–H groups in total. The van der Waals surface area contributed by atoms with Crippen LogP contribution in [0, 0.1) is 20.8 Å². The lowest BCUT2D eigenvalue weighted by molar-refractivity contribution is -0.119. The minimum atomic E-state index is -3.89. The molecule has 0 aromatic heterocycles. The molecule has 128 valence electrons. The van der Waals surface area contributed by atoms with Gasteiger partial charge in [0, 0.05) is 0 Å². The normalized spacial score (nSPS) is 11.2. The van der Waals surface area contributed by atoms with E-state index in [9.17, 15) is 13.2 Å². The number of anilines is 1. The second-order valence-corrected chi connectivity index (χ2v) is 7.52. The maximum Gasteiger partial charge on any atom is 0.264 e. The highest BCUT2D eigenvalue weighted by Gasteiger charge is 2.27. The summed E-state index contributed by atoms with van der Waals surface area (Å²) in [5.74, 6) is 4.54. The van der Waals surface area contributed by atoms with E-state index < -0.39 is 22.5 Å². The van der Waals surface area contributed by atoms with E-state index in [1.165, 1.54) is 12.1 Å². The van der Waals surface area contributed by atoms with Crippen molar-refractivity contribution in [2.45, 2.75) is 25.7 Å². The van der Waals surface area contributed by atoms with Gasteiger partial charge in [-0.1, -0.05) is 23.8 Å². The number of sulfonamides is 1. The number of nitrogens with two attached hydrogens (primary N) is 1. The van der Waals surface area contributed by atoms with Crippen LogP contribution in [0.3, 0.4) is 0 Å². The second kappa shape index (κ2) is 7.02. The zero-order chi connectivity index (χ0) is 17.9. The van der Waals surface area contributed by atoms with E-state index >= 15 is 0 Å². The molecule has 0 saturated heterocycles. The van der Waals surface area contributed by atoms with Gasteiger partial charge in [-0.2, -0.15) is 0 Å². The summed E-state index contributed by atoms with van der Waals surface area (Å²) >= 11 is 0. The number of carbonyl (C=O) groups excluding carboxylic acids is 1. The number of nitrogens with zero attached hydrogens (tertiary/aromatic N) is 1. The Morgan fingerprint density at radius 1 is 1.04 bits per heavy atom. The smallest absolute Gasteiger partial charge is 0.264 e. The minimum Gasteiger partial charge on any atom is -0.293 e. The third kappa shape index (κ3) is 3.74. The first kappa shape index (κ1) is 18.0. The molecule has 1 amide bonds. The van der Waals surface area contributed by atoms with Gasteiger partial charge in [-0.25, -0.2) is 14.3 Å². The molecule has 0 radical (unpaired) electrons. The Bertz CT molecular complexity index is 846. The maximum absolute atomic E-state index is 13.0. The fraction of sp³-hybridized carbons (Fsp3) is 0.235. The molecule has 2 aromatic carbocycles. The number of rotatable bonds is 5. The van der Waals surface area contributed by atoms with Gasteiger partial charge in [-0.15, -0.1) is 0 Å². The number of hydrazine groups is 1. The molecule has 2 aromatic rings. The van der Waals surface area contributed by atoms with Gasteiger partial charge in [0.15, 0.2) is 0 Å². The predicted molar refractivity (Wildman–Crippen MR) is 94.0 cm³/mol. The van der Waals surface area contributed by atoms with Crippen LogP contribution in [0.15, 0.2) is 47.4 Å². The van der Waals surface area contributed by atoms with Crippen molar-refractivity contribution in [3.63, 3.8) is 0 Å². The third-order valence-corrected chi connectivity index (χ3v) is 5.62. The fourth-order valence-corrected chi connectivity index (χ4v) is 3.62. The molecule has 0 aliphatic heterocycles. The standard InChI is InChI=1S/C17H21N3O3S/c1-12-4-8-16(9-5-12)24(22,23)20(11-17(21)19-18)15-7-6-13(2)14(3)10-15/h4-10H,11,18H2,1-3H3,(H,19,21). The Morgan fingerprint density at radius 3 is 2.21 bits per heavy atom. The molecule has 0 saturated carbocycles. The summed E-state index contributed by atoms with van der Waals surface area (Å²) in [5.41, 5.74) is 5.32. The van der Waals surface area contributed by atoms with Crippen LogP contribution in [-0.4, -0.2) is 20.9 Å². The van der Waals surface area contributed by atoms with Crippen molar-refractivity contribution < 1.29 is 13.2 Å². The molecule has 0 unspecified atom stereocenters. The molecule has 6 nitrogen and oxygen atoms in total. The summed E-state index contributed by atoms with van der Waals surface area (Å²) in [6, 6.07) is 11.7. The SMILES string of the molecule is Cc1ccc(S(=O)(=O)N(CC(=O)NN)c2ccc(C)c(C)c2)cc1. The van der Waals surface area contributed by atoms with Gasteiger partial charge in [0.25, 0.3) is 15.9 Å². The van der Waals surface area contributed by atoms with Crippen molar-refractivity contribution in [3.05, 3.63) is 59.2 Å². The van der Waals surface area contributed by atoms with Gasteiger partial charge >= 0.3 is 0 Å². The molecule has 0 aliphatic rings. The molecule has 7 heteroatoms. The van der Waals surface area contributed by atoms with Gasteiger partial charge in [0.05, 0.1) is 10.6 Å². The number of aryl methyl sites for hydroxylation is 3. The van der Waals surface area contributed by atoms with Crippen molar-refractivity contribution in [1.29, 1.82) is 0 Å².